The summed E-state index contributed by atoms with van der Waals surface area (Å²) in [6, 6.07) is 9.81. The van der Waals surface area contributed by atoms with E-state index in [0.29, 0.717) is 17.9 Å². The summed E-state index contributed by atoms with van der Waals surface area (Å²) in [7, 11) is 1.57. The Kier molecular flexibility index (Phi) is 6.51. The van der Waals surface area contributed by atoms with Gasteiger partial charge in [-0.25, -0.2) is 0 Å². The molecular formula is C19H23N3O3. The second-order valence-corrected chi connectivity index (χ2v) is 6.00. The molecule has 1 aromatic heterocycles. The number of aromatic nitrogens is 1. The number of rotatable bonds is 7. The van der Waals surface area contributed by atoms with Crippen LogP contribution in [0, 0.1) is 5.92 Å². The molecule has 0 radical (unpaired) electrons. The highest BCUT2D eigenvalue weighted by atomic mass is 16.5. The first kappa shape index (κ1) is 18.4. The highest BCUT2D eigenvalue weighted by molar-refractivity contribution is 5.97. The quantitative estimate of drug-likeness (QED) is 0.809. The van der Waals surface area contributed by atoms with Gasteiger partial charge in [-0.1, -0.05) is 13.8 Å². The molecule has 6 heteroatoms. The second kappa shape index (κ2) is 8.82. The number of methoxy groups -OCH3 is 1. The summed E-state index contributed by atoms with van der Waals surface area (Å²) >= 11 is 0. The van der Waals surface area contributed by atoms with Gasteiger partial charge < -0.3 is 15.4 Å². The van der Waals surface area contributed by atoms with Gasteiger partial charge in [-0.3, -0.25) is 14.6 Å². The number of nitrogens with one attached hydrogen (secondary N) is 2. The number of carbonyl (C=O) groups excluding carboxylic acids is 2. The Labute approximate surface area is 147 Å². The van der Waals surface area contributed by atoms with Gasteiger partial charge in [0.25, 0.3) is 5.91 Å². The SMILES string of the molecule is COc1ccc(C(=O)N[C@@H](C(=O)NCc2ccncc2)C(C)C)cc1. The van der Waals surface area contributed by atoms with Crippen LogP contribution in [0.5, 0.6) is 5.75 Å². The van der Waals surface area contributed by atoms with Crippen molar-refractivity contribution in [3.05, 3.63) is 59.9 Å². The molecule has 0 aliphatic heterocycles. The first-order valence-electron chi connectivity index (χ1n) is 8.12. The Hall–Kier alpha value is -2.89. The van der Waals surface area contributed by atoms with Gasteiger partial charge in [0.15, 0.2) is 0 Å². The molecule has 1 atom stereocenters. The molecule has 0 unspecified atom stereocenters. The summed E-state index contributed by atoms with van der Waals surface area (Å²) in [5, 5.41) is 5.66. The second-order valence-electron chi connectivity index (χ2n) is 6.00. The molecule has 0 saturated carbocycles. The van der Waals surface area contributed by atoms with E-state index in [1.165, 1.54) is 0 Å². The van der Waals surface area contributed by atoms with E-state index in [0.717, 1.165) is 5.56 Å². The Bertz CT molecular complexity index is 700. The molecule has 2 aromatic rings. The lowest BCUT2D eigenvalue weighted by atomic mass is 10.0. The molecule has 2 N–H and O–H groups in total. The number of hydrogen-bond donors (Lipinski definition) is 2. The number of nitrogens with zero attached hydrogens (tertiary/aromatic N) is 1. The Morgan fingerprint density at radius 1 is 1.08 bits per heavy atom. The van der Waals surface area contributed by atoms with Gasteiger partial charge in [-0.05, 0) is 47.9 Å². The number of ether oxygens (including phenoxy) is 1. The van der Waals surface area contributed by atoms with Gasteiger partial charge in [0.05, 0.1) is 7.11 Å². The predicted octanol–water partition coefficient (Wildman–Crippen LogP) is 2.16. The zero-order valence-electron chi connectivity index (χ0n) is 14.7. The Morgan fingerprint density at radius 3 is 2.28 bits per heavy atom. The summed E-state index contributed by atoms with van der Waals surface area (Å²) in [6.07, 6.45) is 3.35. The third kappa shape index (κ3) is 5.31. The lowest BCUT2D eigenvalue weighted by molar-refractivity contribution is -0.124. The average molecular weight is 341 g/mol. The van der Waals surface area contributed by atoms with E-state index < -0.39 is 6.04 Å². The normalized spacial score (nSPS) is 11.7. The molecule has 0 aliphatic rings. The first-order valence-corrected chi connectivity index (χ1v) is 8.12. The fourth-order valence-corrected chi connectivity index (χ4v) is 2.30. The smallest absolute Gasteiger partial charge is 0.251 e. The molecule has 132 valence electrons. The zero-order valence-corrected chi connectivity index (χ0v) is 14.7. The predicted molar refractivity (Wildman–Crippen MR) is 95.2 cm³/mol. The monoisotopic (exact) mass is 341 g/mol. The van der Waals surface area contributed by atoms with Crippen LogP contribution in [0.1, 0.15) is 29.8 Å². The van der Waals surface area contributed by atoms with Gasteiger partial charge >= 0.3 is 0 Å². The van der Waals surface area contributed by atoms with Crippen LogP contribution in [0.2, 0.25) is 0 Å². The lowest BCUT2D eigenvalue weighted by Crippen LogP contribution is -2.49. The summed E-state index contributed by atoms with van der Waals surface area (Å²) in [6.45, 7) is 4.18. The van der Waals surface area contributed by atoms with E-state index >= 15 is 0 Å². The van der Waals surface area contributed by atoms with Crippen LogP contribution in [0.25, 0.3) is 0 Å². The fourth-order valence-electron chi connectivity index (χ4n) is 2.30. The molecule has 1 heterocycles. The minimum atomic E-state index is -0.614. The van der Waals surface area contributed by atoms with Crippen molar-refractivity contribution in [1.82, 2.24) is 15.6 Å². The van der Waals surface area contributed by atoms with Crippen LogP contribution in [0.15, 0.2) is 48.8 Å². The number of hydrogen-bond acceptors (Lipinski definition) is 4. The van der Waals surface area contributed by atoms with Crippen LogP contribution in [0.4, 0.5) is 0 Å². The summed E-state index contributed by atoms with van der Waals surface area (Å²) in [5.41, 5.74) is 1.43. The summed E-state index contributed by atoms with van der Waals surface area (Å²) in [4.78, 5) is 28.8. The lowest BCUT2D eigenvalue weighted by Gasteiger charge is -2.22. The van der Waals surface area contributed by atoms with Crippen molar-refractivity contribution in [3.8, 4) is 5.75 Å². The molecule has 0 aliphatic carbocycles. The first-order chi connectivity index (χ1) is 12.0. The van der Waals surface area contributed by atoms with Crippen molar-refractivity contribution in [1.29, 1.82) is 0 Å². The Balaban J connectivity index is 1.98. The number of amides is 2. The highest BCUT2D eigenvalue weighted by Gasteiger charge is 2.24. The molecule has 0 bridgehead atoms. The molecule has 0 spiro atoms. The van der Waals surface area contributed by atoms with E-state index in [-0.39, 0.29) is 17.7 Å². The van der Waals surface area contributed by atoms with E-state index in [4.69, 9.17) is 4.74 Å². The van der Waals surface area contributed by atoms with Gasteiger partial charge in [0.2, 0.25) is 5.91 Å². The van der Waals surface area contributed by atoms with Crippen molar-refractivity contribution in [3.63, 3.8) is 0 Å². The van der Waals surface area contributed by atoms with E-state index in [9.17, 15) is 9.59 Å². The van der Waals surface area contributed by atoms with Crippen molar-refractivity contribution >= 4 is 11.8 Å². The molecule has 0 saturated heterocycles. The number of carbonyl (C=O) groups is 2. The highest BCUT2D eigenvalue weighted by Crippen LogP contribution is 2.12. The minimum Gasteiger partial charge on any atom is -0.497 e. The number of pyridine rings is 1. The van der Waals surface area contributed by atoms with Gasteiger partial charge in [0, 0.05) is 24.5 Å². The van der Waals surface area contributed by atoms with Crippen molar-refractivity contribution in [2.45, 2.75) is 26.4 Å². The van der Waals surface area contributed by atoms with Crippen LogP contribution in [-0.2, 0) is 11.3 Å². The maximum Gasteiger partial charge on any atom is 0.251 e. The molecule has 0 fully saturated rings. The molecule has 2 rings (SSSR count). The van der Waals surface area contributed by atoms with Crippen LogP contribution < -0.4 is 15.4 Å². The van der Waals surface area contributed by atoms with E-state index in [1.807, 2.05) is 26.0 Å². The van der Waals surface area contributed by atoms with E-state index in [1.54, 1.807) is 43.8 Å². The standard InChI is InChI=1S/C19H23N3O3/c1-13(2)17(19(24)21-12-14-8-10-20-11-9-14)22-18(23)15-4-6-16(25-3)7-5-15/h4-11,13,17H,12H2,1-3H3,(H,21,24)(H,22,23)/t17-/m1/s1. The molecule has 6 nitrogen and oxygen atoms in total. The van der Waals surface area contributed by atoms with Crippen molar-refractivity contribution in [2.24, 2.45) is 5.92 Å². The third-order valence-corrected chi connectivity index (χ3v) is 3.80. The van der Waals surface area contributed by atoms with Crippen LogP contribution in [0.3, 0.4) is 0 Å². The number of benzene rings is 1. The maximum absolute atomic E-state index is 12.5. The van der Waals surface area contributed by atoms with E-state index in [2.05, 4.69) is 15.6 Å². The van der Waals surface area contributed by atoms with Gasteiger partial charge in [-0.15, -0.1) is 0 Å². The third-order valence-electron chi connectivity index (χ3n) is 3.80. The van der Waals surface area contributed by atoms with Crippen molar-refractivity contribution < 1.29 is 14.3 Å². The average Bonchev–Trinajstić information content (AvgIpc) is 2.64. The van der Waals surface area contributed by atoms with Gasteiger partial charge in [0.1, 0.15) is 11.8 Å². The minimum absolute atomic E-state index is 0.0420. The fraction of sp³-hybridized carbons (Fsp3) is 0.316. The maximum atomic E-state index is 12.5. The van der Waals surface area contributed by atoms with Crippen molar-refractivity contribution in [2.75, 3.05) is 7.11 Å². The largest absolute Gasteiger partial charge is 0.497 e. The summed E-state index contributed by atoms with van der Waals surface area (Å²) < 4.78 is 5.08. The zero-order chi connectivity index (χ0) is 18.2. The van der Waals surface area contributed by atoms with Crippen LogP contribution >= 0.6 is 0 Å². The summed E-state index contributed by atoms with van der Waals surface area (Å²) in [5.74, 6) is 0.126. The molecule has 2 amide bonds. The van der Waals surface area contributed by atoms with Gasteiger partial charge in [-0.2, -0.15) is 0 Å². The molecule has 1 aromatic carbocycles. The van der Waals surface area contributed by atoms with Crippen LogP contribution in [-0.4, -0.2) is 29.9 Å². The topological polar surface area (TPSA) is 80.3 Å². The molecular weight excluding hydrogens is 318 g/mol. The molecule has 25 heavy (non-hydrogen) atoms. The Morgan fingerprint density at radius 2 is 1.72 bits per heavy atom.